The first-order valence-corrected chi connectivity index (χ1v) is 6.59. The van der Waals surface area contributed by atoms with Crippen LogP contribution in [0.4, 0.5) is 13.2 Å². The molecule has 3 rings (SSSR count). The van der Waals surface area contributed by atoms with Crippen LogP contribution in [-0.4, -0.2) is 25.6 Å². The molecule has 3 aromatic rings. The van der Waals surface area contributed by atoms with Crippen molar-refractivity contribution in [1.29, 1.82) is 0 Å². The Morgan fingerprint density at radius 3 is 2.52 bits per heavy atom. The Bertz CT molecular complexity index is 904. The van der Waals surface area contributed by atoms with E-state index in [1.54, 1.807) is 0 Å². The van der Waals surface area contributed by atoms with Crippen LogP contribution in [0.3, 0.4) is 0 Å². The lowest BCUT2D eigenvalue weighted by Gasteiger charge is -2.08. The van der Waals surface area contributed by atoms with Gasteiger partial charge < -0.3 is 9.67 Å². The number of fused-ring (bicyclic) bond motifs is 1. The Morgan fingerprint density at radius 1 is 1.22 bits per heavy atom. The molecular formula is C14H7ClF3N3O2. The molecule has 0 aromatic carbocycles. The van der Waals surface area contributed by atoms with E-state index in [-0.39, 0.29) is 21.9 Å². The molecule has 1 N–H and O–H groups in total. The van der Waals surface area contributed by atoms with E-state index in [1.165, 1.54) is 29.1 Å². The molecule has 0 amide bonds. The highest BCUT2D eigenvalue weighted by Crippen LogP contribution is 2.31. The molecule has 0 spiro atoms. The summed E-state index contributed by atoms with van der Waals surface area (Å²) in [7, 11) is 0. The fraction of sp³-hybridized carbons (Fsp3) is 0.0714. The van der Waals surface area contributed by atoms with Gasteiger partial charge in [-0.3, -0.25) is 0 Å². The second kappa shape index (κ2) is 5.24. The number of hydrogen-bond acceptors (Lipinski definition) is 3. The van der Waals surface area contributed by atoms with E-state index in [2.05, 4.69) is 9.97 Å². The lowest BCUT2D eigenvalue weighted by atomic mass is 10.2. The summed E-state index contributed by atoms with van der Waals surface area (Å²) in [4.78, 5) is 18.5. The van der Waals surface area contributed by atoms with E-state index in [9.17, 15) is 23.1 Å². The quantitative estimate of drug-likeness (QED) is 0.720. The minimum absolute atomic E-state index is 0.0369. The molecule has 0 saturated heterocycles. The molecule has 0 aliphatic carbocycles. The van der Waals surface area contributed by atoms with Crippen LogP contribution in [0, 0.1) is 0 Å². The Hall–Kier alpha value is -2.61. The SMILES string of the molecule is O=C(O)c1cn(-c2ccc(C(F)(F)F)nc2)c2c(Cl)nccc12. The van der Waals surface area contributed by atoms with E-state index in [1.807, 2.05) is 0 Å². The van der Waals surface area contributed by atoms with Gasteiger partial charge in [0.2, 0.25) is 0 Å². The van der Waals surface area contributed by atoms with Crippen molar-refractivity contribution in [2.45, 2.75) is 6.18 Å². The molecule has 0 aliphatic heterocycles. The van der Waals surface area contributed by atoms with Crippen LogP contribution < -0.4 is 0 Å². The molecule has 0 saturated carbocycles. The maximum atomic E-state index is 12.6. The predicted octanol–water partition coefficient (Wildman–Crippen LogP) is 3.79. The largest absolute Gasteiger partial charge is 0.478 e. The maximum absolute atomic E-state index is 12.6. The van der Waals surface area contributed by atoms with Gasteiger partial charge in [0.25, 0.3) is 0 Å². The molecule has 3 heterocycles. The van der Waals surface area contributed by atoms with Crippen molar-refractivity contribution in [3.63, 3.8) is 0 Å². The molecule has 3 aromatic heterocycles. The van der Waals surface area contributed by atoms with Gasteiger partial charge in [0.05, 0.1) is 23.0 Å². The van der Waals surface area contributed by atoms with Gasteiger partial charge in [-0.15, -0.1) is 0 Å². The first kappa shape index (κ1) is 15.3. The zero-order chi connectivity index (χ0) is 16.8. The number of hydrogen-bond donors (Lipinski definition) is 1. The fourth-order valence-corrected chi connectivity index (χ4v) is 2.46. The molecule has 0 unspecified atom stereocenters. The number of pyridine rings is 2. The van der Waals surface area contributed by atoms with Crippen molar-refractivity contribution in [3.05, 3.63) is 53.2 Å². The van der Waals surface area contributed by atoms with Crippen molar-refractivity contribution in [2.24, 2.45) is 0 Å². The van der Waals surface area contributed by atoms with Gasteiger partial charge in [-0.2, -0.15) is 13.2 Å². The number of alkyl halides is 3. The summed E-state index contributed by atoms with van der Waals surface area (Å²) in [6, 6.07) is 3.47. The van der Waals surface area contributed by atoms with Gasteiger partial charge in [0.15, 0.2) is 5.15 Å². The number of nitrogens with zero attached hydrogens (tertiary/aromatic N) is 3. The van der Waals surface area contributed by atoms with Crippen LogP contribution in [0.2, 0.25) is 5.15 Å². The number of halogens is 4. The average molecular weight is 342 g/mol. The molecule has 9 heteroatoms. The van der Waals surface area contributed by atoms with Crippen molar-refractivity contribution in [1.82, 2.24) is 14.5 Å². The lowest BCUT2D eigenvalue weighted by Crippen LogP contribution is -2.08. The summed E-state index contributed by atoms with van der Waals surface area (Å²) >= 11 is 6.01. The first-order valence-electron chi connectivity index (χ1n) is 6.21. The molecule has 0 atom stereocenters. The smallest absolute Gasteiger partial charge is 0.433 e. The second-order valence-electron chi connectivity index (χ2n) is 4.62. The van der Waals surface area contributed by atoms with Crippen LogP contribution in [0.15, 0.2) is 36.8 Å². The van der Waals surface area contributed by atoms with Gasteiger partial charge >= 0.3 is 12.1 Å². The summed E-state index contributed by atoms with van der Waals surface area (Å²) in [6.45, 7) is 0. The highest BCUT2D eigenvalue weighted by Gasteiger charge is 2.32. The van der Waals surface area contributed by atoms with Crippen LogP contribution in [0.25, 0.3) is 16.6 Å². The molecule has 23 heavy (non-hydrogen) atoms. The molecule has 0 aliphatic rings. The van der Waals surface area contributed by atoms with E-state index in [0.717, 1.165) is 12.3 Å². The number of aromatic nitrogens is 3. The van der Waals surface area contributed by atoms with E-state index >= 15 is 0 Å². The number of rotatable bonds is 2. The van der Waals surface area contributed by atoms with Crippen molar-refractivity contribution in [3.8, 4) is 5.69 Å². The van der Waals surface area contributed by atoms with E-state index in [4.69, 9.17) is 11.6 Å². The molecule has 0 fully saturated rings. The summed E-state index contributed by atoms with van der Waals surface area (Å²) in [5, 5.41) is 9.61. The summed E-state index contributed by atoms with van der Waals surface area (Å²) < 4.78 is 39.1. The molecule has 0 bridgehead atoms. The zero-order valence-corrected chi connectivity index (χ0v) is 11.9. The fourth-order valence-electron chi connectivity index (χ4n) is 2.21. The van der Waals surface area contributed by atoms with Gasteiger partial charge in [-0.1, -0.05) is 11.6 Å². The summed E-state index contributed by atoms with van der Waals surface area (Å²) in [6.07, 6.45) is -0.933. The van der Waals surface area contributed by atoms with Gasteiger partial charge in [-0.25, -0.2) is 14.8 Å². The molecule has 0 radical (unpaired) electrons. The first-order chi connectivity index (χ1) is 10.8. The van der Waals surface area contributed by atoms with Crippen molar-refractivity contribution >= 4 is 28.5 Å². The Labute approximate surface area is 132 Å². The third-order valence-corrected chi connectivity index (χ3v) is 3.49. The zero-order valence-electron chi connectivity index (χ0n) is 11.2. The normalized spacial score (nSPS) is 11.8. The van der Waals surface area contributed by atoms with E-state index < -0.39 is 17.8 Å². The minimum Gasteiger partial charge on any atom is -0.478 e. The topological polar surface area (TPSA) is 68.0 Å². The molecule has 118 valence electrons. The third kappa shape index (κ3) is 2.61. The van der Waals surface area contributed by atoms with Gasteiger partial charge in [0, 0.05) is 17.8 Å². The lowest BCUT2D eigenvalue weighted by molar-refractivity contribution is -0.141. The van der Waals surface area contributed by atoms with Crippen molar-refractivity contribution < 1.29 is 23.1 Å². The van der Waals surface area contributed by atoms with Gasteiger partial charge in [0.1, 0.15) is 5.69 Å². The number of aromatic carboxylic acids is 1. The number of carboxylic acid groups (broad SMARTS) is 1. The average Bonchev–Trinajstić information content (AvgIpc) is 2.88. The molecule has 5 nitrogen and oxygen atoms in total. The second-order valence-corrected chi connectivity index (χ2v) is 4.97. The number of carboxylic acids is 1. The summed E-state index contributed by atoms with van der Waals surface area (Å²) in [5.41, 5.74) is -0.553. The Morgan fingerprint density at radius 2 is 1.96 bits per heavy atom. The monoisotopic (exact) mass is 341 g/mol. The maximum Gasteiger partial charge on any atom is 0.433 e. The Kier molecular flexibility index (Phi) is 3.48. The van der Waals surface area contributed by atoms with E-state index in [0.29, 0.717) is 5.39 Å². The third-order valence-electron chi connectivity index (χ3n) is 3.22. The highest BCUT2D eigenvalue weighted by atomic mass is 35.5. The van der Waals surface area contributed by atoms with Crippen LogP contribution in [-0.2, 0) is 6.18 Å². The summed E-state index contributed by atoms with van der Waals surface area (Å²) in [5.74, 6) is -1.18. The Balaban J connectivity index is 2.22. The molecular weight excluding hydrogens is 335 g/mol. The van der Waals surface area contributed by atoms with Crippen LogP contribution >= 0.6 is 11.6 Å². The van der Waals surface area contributed by atoms with Crippen LogP contribution in [0.1, 0.15) is 16.1 Å². The van der Waals surface area contributed by atoms with Gasteiger partial charge in [-0.05, 0) is 18.2 Å². The van der Waals surface area contributed by atoms with Crippen molar-refractivity contribution in [2.75, 3.05) is 0 Å². The predicted molar refractivity (Wildman–Crippen MR) is 75.8 cm³/mol. The highest BCUT2D eigenvalue weighted by molar-refractivity contribution is 6.34. The minimum atomic E-state index is -4.55. The number of carbonyl (C=O) groups is 1. The van der Waals surface area contributed by atoms with Crippen LogP contribution in [0.5, 0.6) is 0 Å². The standard InChI is InChI=1S/C14H7ClF3N3O2/c15-12-11-8(3-4-19-12)9(13(22)23)6-21(11)7-1-2-10(20-5-7)14(16,17)18/h1-6H,(H,22,23).